The van der Waals surface area contributed by atoms with Gasteiger partial charge in [-0.05, 0) is 35.4 Å². The Morgan fingerprint density at radius 2 is 1.86 bits per heavy atom. The van der Waals surface area contributed by atoms with Crippen molar-refractivity contribution in [1.29, 1.82) is 0 Å². The highest BCUT2D eigenvalue weighted by molar-refractivity contribution is 9.10. The lowest BCUT2D eigenvalue weighted by atomic mass is 10.1. The molecule has 2 N–H and O–H groups in total. The molecule has 0 spiro atoms. The van der Waals surface area contributed by atoms with Crippen LogP contribution in [0.25, 0.3) is 11.3 Å². The summed E-state index contributed by atoms with van der Waals surface area (Å²) in [5.74, 6) is -0.190. The van der Waals surface area contributed by atoms with Crippen LogP contribution >= 0.6 is 15.9 Å². The molecule has 7 heteroatoms. The van der Waals surface area contributed by atoms with Crippen molar-refractivity contribution < 1.29 is 4.79 Å². The van der Waals surface area contributed by atoms with Crippen molar-refractivity contribution in [2.75, 3.05) is 0 Å². The van der Waals surface area contributed by atoms with Crippen LogP contribution in [0.2, 0.25) is 0 Å². The summed E-state index contributed by atoms with van der Waals surface area (Å²) in [7, 11) is 0. The molecule has 2 aromatic heterocycles. The van der Waals surface area contributed by atoms with Crippen molar-refractivity contribution in [2.45, 2.75) is 13.1 Å². The highest BCUT2D eigenvalue weighted by Gasteiger charge is 2.12. The first-order valence-corrected chi connectivity index (χ1v) is 9.62. The van der Waals surface area contributed by atoms with E-state index in [1.54, 1.807) is 12.3 Å². The number of aromatic amines is 1. The van der Waals surface area contributed by atoms with E-state index in [1.165, 1.54) is 0 Å². The first kappa shape index (κ1) is 18.2. The van der Waals surface area contributed by atoms with Crippen molar-refractivity contribution in [2.24, 2.45) is 0 Å². The minimum absolute atomic E-state index is 0.190. The minimum Gasteiger partial charge on any atom is -0.347 e. The van der Waals surface area contributed by atoms with Gasteiger partial charge in [-0.1, -0.05) is 52.3 Å². The predicted molar refractivity (Wildman–Crippen MR) is 111 cm³/mol. The lowest BCUT2D eigenvalue weighted by Crippen LogP contribution is -2.24. The van der Waals surface area contributed by atoms with E-state index in [9.17, 15) is 4.79 Å². The van der Waals surface area contributed by atoms with E-state index in [2.05, 4.69) is 36.5 Å². The molecule has 0 saturated heterocycles. The number of rotatable bonds is 6. The van der Waals surface area contributed by atoms with Crippen molar-refractivity contribution in [3.63, 3.8) is 0 Å². The van der Waals surface area contributed by atoms with Gasteiger partial charge in [0.2, 0.25) is 0 Å². The number of nitrogens with one attached hydrogen (secondary N) is 2. The second-order valence-electron chi connectivity index (χ2n) is 6.33. The lowest BCUT2D eigenvalue weighted by molar-refractivity contribution is 0.0946. The molecule has 0 radical (unpaired) electrons. The zero-order valence-electron chi connectivity index (χ0n) is 15.0. The monoisotopic (exact) mass is 435 g/mol. The van der Waals surface area contributed by atoms with Gasteiger partial charge < -0.3 is 5.32 Å². The Morgan fingerprint density at radius 3 is 2.61 bits per heavy atom. The molecule has 2 heterocycles. The summed E-state index contributed by atoms with van der Waals surface area (Å²) in [6, 6.07) is 19.5. The molecule has 4 rings (SSSR count). The second-order valence-corrected chi connectivity index (χ2v) is 7.24. The molecule has 0 saturated carbocycles. The number of benzene rings is 2. The quantitative estimate of drug-likeness (QED) is 0.480. The molecule has 1 amide bonds. The fraction of sp³-hybridized carbons (Fsp3) is 0.0952. The van der Waals surface area contributed by atoms with Gasteiger partial charge in [-0.15, -0.1) is 0 Å². The summed E-state index contributed by atoms with van der Waals surface area (Å²) < 4.78 is 2.86. The SMILES string of the molecule is O=C(NCc1ccccc1Cn1cccn1)c1cc(-c2ccc(Br)cc2)n[nH]1. The van der Waals surface area contributed by atoms with Crippen molar-refractivity contribution in [3.05, 3.63) is 94.4 Å². The summed E-state index contributed by atoms with van der Waals surface area (Å²) in [5.41, 5.74) is 4.29. The number of H-pyrrole nitrogens is 1. The lowest BCUT2D eigenvalue weighted by Gasteiger charge is -2.10. The zero-order chi connectivity index (χ0) is 19.3. The Morgan fingerprint density at radius 1 is 1.07 bits per heavy atom. The first-order chi connectivity index (χ1) is 13.7. The van der Waals surface area contributed by atoms with Crippen LogP contribution in [0.1, 0.15) is 21.6 Å². The number of halogens is 1. The average molecular weight is 436 g/mol. The Labute approximate surface area is 170 Å². The Balaban J connectivity index is 1.43. The molecule has 4 aromatic rings. The van der Waals surface area contributed by atoms with E-state index in [-0.39, 0.29) is 5.91 Å². The standard InChI is InChI=1S/C21H18BrN5O/c22-18-8-6-15(7-9-18)19-12-20(26-25-19)21(28)23-13-16-4-1-2-5-17(16)14-27-11-3-10-24-27/h1-12H,13-14H2,(H,23,28)(H,25,26). The molecule has 6 nitrogen and oxygen atoms in total. The van der Waals surface area contributed by atoms with Crippen LogP contribution in [-0.2, 0) is 13.1 Å². The molecule has 0 atom stereocenters. The van der Waals surface area contributed by atoms with Crippen LogP contribution in [0.5, 0.6) is 0 Å². The van der Waals surface area contributed by atoms with Gasteiger partial charge in [-0.3, -0.25) is 14.6 Å². The number of aromatic nitrogens is 4. The first-order valence-electron chi connectivity index (χ1n) is 8.83. The third-order valence-electron chi connectivity index (χ3n) is 4.41. The minimum atomic E-state index is -0.190. The molecular weight excluding hydrogens is 418 g/mol. The van der Waals surface area contributed by atoms with Crippen LogP contribution < -0.4 is 5.32 Å². The summed E-state index contributed by atoms with van der Waals surface area (Å²) >= 11 is 3.42. The molecule has 0 fully saturated rings. The Kier molecular flexibility index (Phi) is 5.34. The van der Waals surface area contributed by atoms with E-state index >= 15 is 0 Å². The maximum Gasteiger partial charge on any atom is 0.269 e. The van der Waals surface area contributed by atoms with E-state index in [4.69, 9.17) is 0 Å². The van der Waals surface area contributed by atoms with E-state index < -0.39 is 0 Å². The third kappa shape index (κ3) is 4.20. The fourth-order valence-electron chi connectivity index (χ4n) is 2.93. The van der Waals surface area contributed by atoms with Gasteiger partial charge in [-0.2, -0.15) is 10.2 Å². The van der Waals surface area contributed by atoms with Gasteiger partial charge in [-0.25, -0.2) is 0 Å². The van der Waals surface area contributed by atoms with Crippen molar-refractivity contribution >= 4 is 21.8 Å². The van der Waals surface area contributed by atoms with Crippen LogP contribution in [-0.4, -0.2) is 25.9 Å². The Bertz CT molecular complexity index is 1070. The fourth-order valence-corrected chi connectivity index (χ4v) is 3.19. The summed E-state index contributed by atoms with van der Waals surface area (Å²) in [6.45, 7) is 1.10. The zero-order valence-corrected chi connectivity index (χ0v) is 16.6. The molecule has 28 heavy (non-hydrogen) atoms. The largest absolute Gasteiger partial charge is 0.347 e. The molecule has 2 aromatic carbocycles. The van der Waals surface area contributed by atoms with Crippen LogP contribution in [0.3, 0.4) is 0 Å². The third-order valence-corrected chi connectivity index (χ3v) is 4.94. The van der Waals surface area contributed by atoms with Gasteiger partial charge in [0, 0.05) is 29.0 Å². The normalized spacial score (nSPS) is 10.8. The molecule has 0 unspecified atom stereocenters. The summed E-state index contributed by atoms with van der Waals surface area (Å²) in [6.07, 6.45) is 3.68. The number of hydrogen-bond acceptors (Lipinski definition) is 3. The summed E-state index contributed by atoms with van der Waals surface area (Å²) in [5, 5.41) is 14.3. The number of hydrogen-bond donors (Lipinski definition) is 2. The molecule has 0 aliphatic carbocycles. The molecule has 0 aliphatic rings. The number of carbonyl (C=O) groups is 1. The molecule has 140 valence electrons. The molecule has 0 aliphatic heterocycles. The number of amides is 1. The number of nitrogens with zero attached hydrogens (tertiary/aromatic N) is 3. The van der Waals surface area contributed by atoms with Gasteiger partial charge in [0.15, 0.2) is 0 Å². The highest BCUT2D eigenvalue weighted by atomic mass is 79.9. The summed E-state index contributed by atoms with van der Waals surface area (Å²) in [4.78, 5) is 12.5. The highest BCUT2D eigenvalue weighted by Crippen LogP contribution is 2.20. The van der Waals surface area contributed by atoms with Gasteiger partial charge in [0.05, 0.1) is 12.2 Å². The maximum atomic E-state index is 12.5. The van der Waals surface area contributed by atoms with Gasteiger partial charge in [0.1, 0.15) is 5.69 Å². The van der Waals surface area contributed by atoms with Crippen LogP contribution in [0.15, 0.2) is 77.5 Å². The van der Waals surface area contributed by atoms with Crippen molar-refractivity contribution in [3.8, 4) is 11.3 Å². The van der Waals surface area contributed by atoms with Crippen LogP contribution in [0, 0.1) is 0 Å². The van der Waals surface area contributed by atoms with Gasteiger partial charge >= 0.3 is 0 Å². The van der Waals surface area contributed by atoms with Gasteiger partial charge in [0.25, 0.3) is 5.91 Å². The smallest absolute Gasteiger partial charge is 0.269 e. The van der Waals surface area contributed by atoms with Crippen LogP contribution in [0.4, 0.5) is 0 Å². The van der Waals surface area contributed by atoms with E-state index in [1.807, 2.05) is 65.5 Å². The van der Waals surface area contributed by atoms with E-state index in [0.717, 1.165) is 26.9 Å². The maximum absolute atomic E-state index is 12.5. The van der Waals surface area contributed by atoms with Crippen molar-refractivity contribution in [1.82, 2.24) is 25.3 Å². The predicted octanol–water partition coefficient (Wildman–Crippen LogP) is 4.01. The van der Waals surface area contributed by atoms with E-state index in [0.29, 0.717) is 18.8 Å². The Hall–Kier alpha value is -3.19. The molecule has 0 bridgehead atoms. The topological polar surface area (TPSA) is 75.6 Å². The average Bonchev–Trinajstić information content (AvgIpc) is 3.40. The molecular formula is C21H18BrN5O. The number of carbonyl (C=O) groups excluding carboxylic acids is 1. The second kappa shape index (κ2) is 8.22.